The van der Waals surface area contributed by atoms with Crippen molar-refractivity contribution in [3.8, 4) is 0 Å². The second-order valence-electron chi connectivity index (χ2n) is 4.43. The Bertz CT molecular complexity index is 334. The number of aromatic nitrogens is 3. The normalized spacial score (nSPS) is 11.5. The average Bonchev–Trinajstić information content (AvgIpc) is 2.76. The van der Waals surface area contributed by atoms with Crippen molar-refractivity contribution >= 4 is 5.91 Å². The Morgan fingerprint density at radius 3 is 2.82 bits per heavy atom. The molecule has 0 fully saturated rings. The van der Waals surface area contributed by atoms with Gasteiger partial charge in [0.05, 0.1) is 11.7 Å². The third-order valence-corrected chi connectivity index (χ3v) is 2.51. The topological polar surface area (TPSA) is 71.8 Å². The zero-order chi connectivity index (χ0) is 12.7. The summed E-state index contributed by atoms with van der Waals surface area (Å²) in [6, 6.07) is 0. The monoisotopic (exact) mass is 239 g/mol. The molecule has 0 spiro atoms. The maximum absolute atomic E-state index is 11.8. The van der Waals surface area contributed by atoms with E-state index in [4.69, 9.17) is 0 Å². The predicted octanol–water partition coefficient (Wildman–Crippen LogP) is 0.173. The molecule has 96 valence electrons. The molecule has 17 heavy (non-hydrogen) atoms. The molecule has 0 aliphatic rings. The van der Waals surface area contributed by atoms with Crippen molar-refractivity contribution in [3.05, 3.63) is 12.4 Å². The van der Waals surface area contributed by atoms with Crippen LogP contribution in [0.3, 0.4) is 0 Å². The number of nitrogens with one attached hydrogen (secondary N) is 2. The van der Waals surface area contributed by atoms with Gasteiger partial charge in [-0.15, -0.1) is 5.10 Å². The fourth-order valence-corrected chi connectivity index (χ4v) is 1.54. The minimum Gasteiger partial charge on any atom is -0.354 e. The van der Waals surface area contributed by atoms with Crippen LogP contribution in [0.15, 0.2) is 12.4 Å². The van der Waals surface area contributed by atoms with E-state index in [0.29, 0.717) is 6.54 Å². The highest BCUT2D eigenvalue weighted by atomic mass is 16.2. The number of nitrogens with zero attached hydrogens (tertiary/aromatic N) is 3. The van der Waals surface area contributed by atoms with E-state index in [1.54, 1.807) is 10.9 Å². The molecule has 0 saturated carbocycles. The van der Waals surface area contributed by atoms with Crippen LogP contribution < -0.4 is 10.6 Å². The number of carbonyl (C=O) groups excluding carboxylic acids is 1. The Morgan fingerprint density at radius 2 is 2.24 bits per heavy atom. The Morgan fingerprint density at radius 1 is 1.47 bits per heavy atom. The molecule has 0 atom stereocenters. The van der Waals surface area contributed by atoms with Crippen LogP contribution >= 0.6 is 0 Å². The molecule has 2 N–H and O–H groups in total. The number of hydrogen-bond acceptors (Lipinski definition) is 4. The van der Waals surface area contributed by atoms with Crippen LogP contribution in [0, 0.1) is 0 Å². The third-order valence-electron chi connectivity index (χ3n) is 2.51. The van der Waals surface area contributed by atoms with Gasteiger partial charge >= 0.3 is 0 Å². The van der Waals surface area contributed by atoms with E-state index in [1.165, 1.54) is 0 Å². The molecule has 1 amide bonds. The summed E-state index contributed by atoms with van der Waals surface area (Å²) in [5.74, 6) is 0.0259. The summed E-state index contributed by atoms with van der Waals surface area (Å²) in [4.78, 5) is 11.8. The van der Waals surface area contributed by atoms with Crippen molar-refractivity contribution in [2.75, 3.05) is 13.1 Å². The lowest BCUT2D eigenvalue weighted by Crippen LogP contribution is -2.52. The first-order valence-electron chi connectivity index (χ1n) is 5.93. The van der Waals surface area contributed by atoms with Crippen LogP contribution in [-0.4, -0.2) is 39.5 Å². The maximum Gasteiger partial charge on any atom is 0.239 e. The summed E-state index contributed by atoms with van der Waals surface area (Å²) in [5, 5.41) is 13.6. The molecule has 0 radical (unpaired) electrons. The zero-order valence-corrected chi connectivity index (χ0v) is 10.7. The lowest BCUT2D eigenvalue weighted by atomic mass is 10.0. The lowest BCUT2D eigenvalue weighted by Gasteiger charge is -2.24. The Hall–Kier alpha value is -1.43. The quantitative estimate of drug-likeness (QED) is 0.665. The van der Waals surface area contributed by atoms with Gasteiger partial charge in [-0.3, -0.25) is 9.48 Å². The van der Waals surface area contributed by atoms with Gasteiger partial charge in [-0.1, -0.05) is 12.1 Å². The van der Waals surface area contributed by atoms with Gasteiger partial charge in [0.1, 0.15) is 0 Å². The van der Waals surface area contributed by atoms with Gasteiger partial charge in [0.15, 0.2) is 0 Å². The molecule has 0 aliphatic carbocycles. The Labute approximate surface area is 102 Å². The van der Waals surface area contributed by atoms with Gasteiger partial charge in [-0.05, 0) is 26.8 Å². The Balaban J connectivity index is 2.20. The van der Waals surface area contributed by atoms with E-state index >= 15 is 0 Å². The zero-order valence-electron chi connectivity index (χ0n) is 10.7. The van der Waals surface area contributed by atoms with E-state index in [9.17, 15) is 4.79 Å². The highest BCUT2D eigenvalue weighted by Gasteiger charge is 2.25. The van der Waals surface area contributed by atoms with E-state index < -0.39 is 5.54 Å². The average molecular weight is 239 g/mol. The molecule has 1 aromatic rings. The Kier molecular flexibility index (Phi) is 5.09. The van der Waals surface area contributed by atoms with Crippen molar-refractivity contribution in [1.82, 2.24) is 25.6 Å². The minimum absolute atomic E-state index is 0.0259. The lowest BCUT2D eigenvalue weighted by molar-refractivity contribution is -0.126. The van der Waals surface area contributed by atoms with E-state index in [0.717, 1.165) is 19.5 Å². The largest absolute Gasteiger partial charge is 0.354 e. The fourth-order valence-electron chi connectivity index (χ4n) is 1.54. The van der Waals surface area contributed by atoms with Crippen LogP contribution in [-0.2, 0) is 11.3 Å². The molecular formula is C11H21N5O. The standard InChI is InChI=1S/C11H21N5O/c1-4-13-11(2,3)10(17)12-6-5-8-16-9-7-14-15-16/h7,9,13H,4-6,8H2,1-3H3,(H,12,17). The number of rotatable bonds is 7. The van der Waals surface area contributed by atoms with Gasteiger partial charge in [0, 0.05) is 19.3 Å². The number of likely N-dealkylation sites (N-methyl/N-ethyl adjacent to an activating group) is 1. The van der Waals surface area contributed by atoms with Crippen molar-refractivity contribution in [2.45, 2.75) is 39.3 Å². The first-order valence-corrected chi connectivity index (χ1v) is 5.93. The molecule has 1 rings (SSSR count). The SMILES string of the molecule is CCNC(C)(C)C(=O)NCCCn1ccnn1. The predicted molar refractivity (Wildman–Crippen MR) is 65.4 cm³/mol. The van der Waals surface area contributed by atoms with Crippen LogP contribution in [0.4, 0.5) is 0 Å². The van der Waals surface area contributed by atoms with Crippen LogP contribution in [0.2, 0.25) is 0 Å². The number of aryl methyl sites for hydroxylation is 1. The second kappa shape index (κ2) is 6.34. The molecule has 6 heteroatoms. The number of amides is 1. The molecule has 1 aromatic heterocycles. The van der Waals surface area contributed by atoms with Crippen LogP contribution in [0.5, 0.6) is 0 Å². The molecule has 0 saturated heterocycles. The molecule has 0 bridgehead atoms. The molecule has 0 unspecified atom stereocenters. The van der Waals surface area contributed by atoms with Crippen molar-refractivity contribution in [2.24, 2.45) is 0 Å². The van der Waals surface area contributed by atoms with E-state index in [-0.39, 0.29) is 5.91 Å². The van der Waals surface area contributed by atoms with Crippen molar-refractivity contribution in [1.29, 1.82) is 0 Å². The molecular weight excluding hydrogens is 218 g/mol. The highest BCUT2D eigenvalue weighted by Crippen LogP contribution is 2.01. The van der Waals surface area contributed by atoms with E-state index in [2.05, 4.69) is 20.9 Å². The fraction of sp³-hybridized carbons (Fsp3) is 0.727. The number of carbonyl (C=O) groups is 1. The molecule has 0 aliphatic heterocycles. The van der Waals surface area contributed by atoms with Crippen molar-refractivity contribution in [3.63, 3.8) is 0 Å². The molecule has 6 nitrogen and oxygen atoms in total. The summed E-state index contributed by atoms with van der Waals surface area (Å²) >= 11 is 0. The summed E-state index contributed by atoms with van der Waals surface area (Å²) in [5.41, 5.74) is -0.512. The minimum atomic E-state index is -0.512. The van der Waals surface area contributed by atoms with E-state index in [1.807, 2.05) is 27.0 Å². The second-order valence-corrected chi connectivity index (χ2v) is 4.43. The van der Waals surface area contributed by atoms with Gasteiger partial charge in [0.2, 0.25) is 5.91 Å². The molecule has 1 heterocycles. The first-order chi connectivity index (χ1) is 8.06. The summed E-state index contributed by atoms with van der Waals surface area (Å²) in [6.45, 7) is 7.93. The smallest absolute Gasteiger partial charge is 0.239 e. The van der Waals surface area contributed by atoms with Crippen molar-refractivity contribution < 1.29 is 4.79 Å². The maximum atomic E-state index is 11.8. The summed E-state index contributed by atoms with van der Waals surface area (Å²) in [7, 11) is 0. The van der Waals surface area contributed by atoms with Gasteiger partial charge in [-0.25, -0.2) is 0 Å². The van der Waals surface area contributed by atoms with Gasteiger partial charge in [0.25, 0.3) is 0 Å². The number of hydrogen-bond donors (Lipinski definition) is 2. The summed E-state index contributed by atoms with van der Waals surface area (Å²) < 4.78 is 1.75. The van der Waals surface area contributed by atoms with Crippen LogP contribution in [0.1, 0.15) is 27.2 Å². The highest BCUT2D eigenvalue weighted by molar-refractivity contribution is 5.85. The van der Waals surface area contributed by atoms with Gasteiger partial charge in [-0.2, -0.15) is 0 Å². The van der Waals surface area contributed by atoms with Crippen LogP contribution in [0.25, 0.3) is 0 Å². The first kappa shape index (κ1) is 13.6. The summed E-state index contributed by atoms with van der Waals surface area (Å²) in [6.07, 6.45) is 4.30. The molecule has 0 aromatic carbocycles. The van der Waals surface area contributed by atoms with Gasteiger partial charge < -0.3 is 10.6 Å². The third kappa shape index (κ3) is 4.52.